The van der Waals surface area contributed by atoms with Crippen molar-refractivity contribution in [2.24, 2.45) is 0 Å². The van der Waals surface area contributed by atoms with Crippen LogP contribution < -0.4 is 0 Å². The van der Waals surface area contributed by atoms with E-state index in [1.54, 1.807) is 18.0 Å². The van der Waals surface area contributed by atoms with Crippen LogP contribution in [0.25, 0.3) is 5.69 Å². The van der Waals surface area contributed by atoms with Crippen molar-refractivity contribution in [1.82, 2.24) is 19.6 Å². The van der Waals surface area contributed by atoms with Crippen molar-refractivity contribution in [2.75, 3.05) is 26.2 Å². The summed E-state index contributed by atoms with van der Waals surface area (Å²) in [4.78, 5) is 28.2. The van der Waals surface area contributed by atoms with Crippen molar-refractivity contribution in [3.8, 4) is 5.69 Å². The maximum atomic E-state index is 13.0. The first kappa shape index (κ1) is 17.2. The quantitative estimate of drug-likeness (QED) is 0.860. The minimum atomic E-state index is 0.00410. The fourth-order valence-corrected chi connectivity index (χ4v) is 3.29. The van der Waals surface area contributed by atoms with Crippen molar-refractivity contribution >= 4 is 11.8 Å². The molecule has 0 spiro atoms. The Balaban J connectivity index is 1.83. The van der Waals surface area contributed by atoms with Crippen molar-refractivity contribution in [3.63, 3.8) is 0 Å². The molecule has 25 heavy (non-hydrogen) atoms. The number of hydrogen-bond acceptors (Lipinski definition) is 3. The van der Waals surface area contributed by atoms with Gasteiger partial charge in [-0.15, -0.1) is 0 Å². The molecule has 6 nitrogen and oxygen atoms in total. The Hall–Kier alpha value is -2.63. The maximum absolute atomic E-state index is 13.0. The number of carbonyl (C=O) groups is 2. The highest BCUT2D eigenvalue weighted by molar-refractivity contribution is 5.95. The average Bonchev–Trinajstić information content (AvgIpc) is 2.90. The summed E-state index contributed by atoms with van der Waals surface area (Å²) in [6, 6.07) is 9.85. The van der Waals surface area contributed by atoms with E-state index in [9.17, 15) is 9.59 Å². The zero-order valence-electron chi connectivity index (χ0n) is 14.8. The zero-order valence-corrected chi connectivity index (χ0v) is 14.8. The Kier molecular flexibility index (Phi) is 5.16. The van der Waals surface area contributed by atoms with Crippen LogP contribution in [0.15, 0.2) is 36.5 Å². The van der Waals surface area contributed by atoms with E-state index < -0.39 is 0 Å². The fourth-order valence-electron chi connectivity index (χ4n) is 3.29. The molecule has 0 unspecified atom stereocenters. The minimum Gasteiger partial charge on any atom is -0.341 e. The van der Waals surface area contributed by atoms with Crippen LogP contribution in [-0.2, 0) is 11.2 Å². The molecule has 0 bridgehead atoms. The van der Waals surface area contributed by atoms with Crippen LogP contribution in [0.3, 0.4) is 0 Å². The predicted octanol–water partition coefficient (Wildman–Crippen LogP) is 2.13. The highest BCUT2D eigenvalue weighted by Gasteiger charge is 2.25. The summed E-state index contributed by atoms with van der Waals surface area (Å²) in [6.45, 7) is 6.16. The van der Waals surface area contributed by atoms with E-state index in [-0.39, 0.29) is 11.8 Å². The summed E-state index contributed by atoms with van der Waals surface area (Å²) >= 11 is 0. The van der Waals surface area contributed by atoms with Gasteiger partial charge in [0, 0.05) is 33.1 Å². The van der Waals surface area contributed by atoms with Crippen molar-refractivity contribution in [1.29, 1.82) is 0 Å². The summed E-state index contributed by atoms with van der Waals surface area (Å²) in [7, 11) is 0. The summed E-state index contributed by atoms with van der Waals surface area (Å²) in [5.41, 5.74) is 2.53. The number of hydrogen-bond donors (Lipinski definition) is 0. The summed E-state index contributed by atoms with van der Waals surface area (Å²) < 4.78 is 1.84. The molecule has 1 aliphatic heterocycles. The van der Waals surface area contributed by atoms with E-state index in [4.69, 9.17) is 0 Å². The van der Waals surface area contributed by atoms with E-state index in [1.807, 2.05) is 46.8 Å². The molecule has 2 heterocycles. The van der Waals surface area contributed by atoms with Crippen LogP contribution in [0, 0.1) is 0 Å². The second-order valence-corrected chi connectivity index (χ2v) is 6.26. The van der Waals surface area contributed by atoms with Crippen LogP contribution >= 0.6 is 0 Å². The lowest BCUT2D eigenvalue weighted by Gasteiger charge is -2.21. The van der Waals surface area contributed by atoms with Gasteiger partial charge in [0.2, 0.25) is 5.91 Å². The number of nitrogens with zero attached hydrogens (tertiary/aromatic N) is 4. The first-order valence-electron chi connectivity index (χ1n) is 8.79. The zero-order chi connectivity index (χ0) is 17.8. The molecule has 0 atom stereocenters. The molecule has 1 aliphatic rings. The molecule has 0 N–H and O–H groups in total. The molecular weight excluding hydrogens is 316 g/mol. The number of benzene rings is 1. The van der Waals surface area contributed by atoms with E-state index in [0.29, 0.717) is 31.7 Å². The Morgan fingerprint density at radius 3 is 2.40 bits per heavy atom. The van der Waals surface area contributed by atoms with Crippen LogP contribution in [0.2, 0.25) is 0 Å². The summed E-state index contributed by atoms with van der Waals surface area (Å²) in [5, 5.41) is 4.44. The summed E-state index contributed by atoms with van der Waals surface area (Å²) in [6.07, 6.45) is 3.20. The van der Waals surface area contributed by atoms with Gasteiger partial charge < -0.3 is 9.80 Å². The topological polar surface area (TPSA) is 58.4 Å². The van der Waals surface area contributed by atoms with Gasteiger partial charge in [-0.25, -0.2) is 4.68 Å². The molecule has 0 radical (unpaired) electrons. The molecule has 1 fully saturated rings. The molecule has 1 aromatic carbocycles. The lowest BCUT2D eigenvalue weighted by atomic mass is 10.1. The minimum absolute atomic E-state index is 0.00410. The molecule has 0 saturated carbocycles. The van der Waals surface area contributed by atoms with Gasteiger partial charge in [0.15, 0.2) is 0 Å². The van der Waals surface area contributed by atoms with Crippen LogP contribution in [0.5, 0.6) is 0 Å². The van der Waals surface area contributed by atoms with Crippen LogP contribution in [-0.4, -0.2) is 57.6 Å². The number of carbonyl (C=O) groups excluding carboxylic acids is 2. The van der Waals surface area contributed by atoms with Gasteiger partial charge in [-0.2, -0.15) is 5.10 Å². The third-order valence-electron chi connectivity index (χ3n) is 4.66. The lowest BCUT2D eigenvalue weighted by Crippen LogP contribution is -2.36. The number of para-hydroxylation sites is 1. The Morgan fingerprint density at radius 1 is 1.04 bits per heavy atom. The summed E-state index contributed by atoms with van der Waals surface area (Å²) in [5.74, 6) is 0.0740. The molecule has 2 aromatic rings. The van der Waals surface area contributed by atoms with Gasteiger partial charge in [0.1, 0.15) is 0 Å². The standard InChI is InChI=1S/C19H24N4O2/c1-3-18-17(14-20-23(18)16-8-5-4-6-9-16)19(25)22-11-7-10-21(12-13-22)15(2)24/h4-6,8-9,14H,3,7,10-13H2,1-2H3. The van der Waals surface area contributed by atoms with Crippen molar-refractivity contribution in [2.45, 2.75) is 26.7 Å². The second kappa shape index (κ2) is 7.51. The van der Waals surface area contributed by atoms with Crippen LogP contribution in [0.1, 0.15) is 36.3 Å². The van der Waals surface area contributed by atoms with Gasteiger partial charge in [-0.3, -0.25) is 9.59 Å². The molecule has 3 rings (SSSR count). The van der Waals surface area contributed by atoms with E-state index in [2.05, 4.69) is 5.10 Å². The number of aromatic nitrogens is 2. The van der Waals surface area contributed by atoms with E-state index >= 15 is 0 Å². The highest BCUT2D eigenvalue weighted by atomic mass is 16.2. The van der Waals surface area contributed by atoms with Gasteiger partial charge in [-0.05, 0) is 25.0 Å². The second-order valence-electron chi connectivity index (χ2n) is 6.26. The highest BCUT2D eigenvalue weighted by Crippen LogP contribution is 2.18. The largest absolute Gasteiger partial charge is 0.341 e. The third kappa shape index (κ3) is 3.57. The molecular formula is C19H24N4O2. The Bertz CT molecular complexity index is 754. The SMILES string of the molecule is CCc1c(C(=O)N2CCCN(C(C)=O)CC2)cnn1-c1ccccc1. The molecule has 1 aromatic heterocycles. The first-order chi connectivity index (χ1) is 12.1. The number of amides is 2. The fraction of sp³-hybridized carbons (Fsp3) is 0.421. The first-order valence-corrected chi connectivity index (χ1v) is 8.79. The van der Waals surface area contributed by atoms with Crippen molar-refractivity contribution < 1.29 is 9.59 Å². The van der Waals surface area contributed by atoms with Crippen LogP contribution in [0.4, 0.5) is 0 Å². The molecule has 2 amide bonds. The van der Waals surface area contributed by atoms with E-state index in [0.717, 1.165) is 24.2 Å². The van der Waals surface area contributed by atoms with E-state index in [1.165, 1.54) is 0 Å². The predicted molar refractivity (Wildman–Crippen MR) is 95.7 cm³/mol. The smallest absolute Gasteiger partial charge is 0.257 e. The molecule has 0 aliphatic carbocycles. The molecule has 1 saturated heterocycles. The average molecular weight is 340 g/mol. The third-order valence-corrected chi connectivity index (χ3v) is 4.66. The Morgan fingerprint density at radius 2 is 1.72 bits per heavy atom. The normalized spacial score (nSPS) is 15.1. The molecule has 132 valence electrons. The lowest BCUT2D eigenvalue weighted by molar-refractivity contribution is -0.128. The van der Waals surface area contributed by atoms with Gasteiger partial charge in [0.05, 0.1) is 23.1 Å². The number of rotatable bonds is 3. The van der Waals surface area contributed by atoms with Gasteiger partial charge >= 0.3 is 0 Å². The maximum Gasteiger partial charge on any atom is 0.257 e. The molecule has 6 heteroatoms. The van der Waals surface area contributed by atoms with Crippen molar-refractivity contribution in [3.05, 3.63) is 47.8 Å². The van der Waals surface area contributed by atoms with Gasteiger partial charge in [-0.1, -0.05) is 25.1 Å². The van der Waals surface area contributed by atoms with Gasteiger partial charge in [0.25, 0.3) is 5.91 Å². The Labute approximate surface area is 148 Å². The monoisotopic (exact) mass is 340 g/mol.